The van der Waals surface area contributed by atoms with Crippen molar-refractivity contribution in [1.29, 1.82) is 0 Å². The quantitative estimate of drug-likeness (QED) is 0.661. The molecule has 1 rings (SSSR count). The van der Waals surface area contributed by atoms with Crippen LogP contribution < -0.4 is 0 Å². The molecule has 3 heteroatoms. The summed E-state index contributed by atoms with van der Waals surface area (Å²) in [5.74, 6) is 0. The summed E-state index contributed by atoms with van der Waals surface area (Å²) >= 11 is 15.8. The SMILES string of the molecule is C[C@H](S)c1ccc(Cl)c(Cl)c1. The minimum absolute atomic E-state index is 0.199. The molecule has 0 heterocycles. The molecule has 0 aromatic heterocycles. The summed E-state index contributed by atoms with van der Waals surface area (Å²) in [6, 6.07) is 5.54. The first kappa shape index (κ1) is 9.24. The van der Waals surface area contributed by atoms with E-state index in [1.54, 1.807) is 6.07 Å². The van der Waals surface area contributed by atoms with Crippen molar-refractivity contribution in [3.63, 3.8) is 0 Å². The van der Waals surface area contributed by atoms with Crippen LogP contribution in [0.5, 0.6) is 0 Å². The molecule has 0 bridgehead atoms. The van der Waals surface area contributed by atoms with Gasteiger partial charge < -0.3 is 0 Å². The molecule has 0 aliphatic heterocycles. The van der Waals surface area contributed by atoms with Crippen LogP contribution in [-0.4, -0.2) is 0 Å². The van der Waals surface area contributed by atoms with Crippen LogP contribution in [-0.2, 0) is 0 Å². The van der Waals surface area contributed by atoms with Crippen molar-refractivity contribution in [3.8, 4) is 0 Å². The van der Waals surface area contributed by atoms with E-state index in [4.69, 9.17) is 23.2 Å². The Kier molecular flexibility index (Phi) is 3.11. The number of thiol groups is 1. The van der Waals surface area contributed by atoms with Crippen molar-refractivity contribution in [2.24, 2.45) is 0 Å². The second-order valence-corrected chi connectivity index (χ2v) is 3.94. The second kappa shape index (κ2) is 3.70. The summed E-state index contributed by atoms with van der Waals surface area (Å²) in [5, 5.41) is 1.37. The molecule has 0 N–H and O–H groups in total. The Labute approximate surface area is 81.9 Å². The Morgan fingerprint density at radius 3 is 2.36 bits per heavy atom. The van der Waals surface area contributed by atoms with Crippen LogP contribution in [0.15, 0.2) is 18.2 Å². The molecule has 0 spiro atoms. The van der Waals surface area contributed by atoms with E-state index >= 15 is 0 Å². The van der Waals surface area contributed by atoms with Gasteiger partial charge in [-0.3, -0.25) is 0 Å². The van der Waals surface area contributed by atoms with Crippen LogP contribution in [0.4, 0.5) is 0 Å². The highest BCUT2D eigenvalue weighted by Gasteiger charge is 2.02. The van der Waals surface area contributed by atoms with Crippen LogP contribution in [0.1, 0.15) is 17.7 Å². The molecule has 1 aromatic carbocycles. The van der Waals surface area contributed by atoms with Crippen molar-refractivity contribution >= 4 is 35.8 Å². The molecular weight excluding hydrogens is 199 g/mol. The highest BCUT2D eigenvalue weighted by atomic mass is 35.5. The van der Waals surface area contributed by atoms with E-state index in [0.717, 1.165) is 5.56 Å². The molecule has 0 radical (unpaired) electrons. The minimum atomic E-state index is 0.199. The fourth-order valence-electron chi connectivity index (χ4n) is 0.772. The summed E-state index contributed by atoms with van der Waals surface area (Å²) in [4.78, 5) is 0. The Hall–Kier alpha value is 0.150. The molecule has 1 aromatic rings. The van der Waals surface area contributed by atoms with E-state index < -0.39 is 0 Å². The molecule has 0 nitrogen and oxygen atoms in total. The van der Waals surface area contributed by atoms with Gasteiger partial charge >= 0.3 is 0 Å². The van der Waals surface area contributed by atoms with Gasteiger partial charge in [-0.05, 0) is 24.6 Å². The first-order chi connectivity index (χ1) is 5.11. The van der Waals surface area contributed by atoms with E-state index in [1.807, 2.05) is 19.1 Å². The van der Waals surface area contributed by atoms with E-state index in [-0.39, 0.29) is 5.25 Å². The Balaban J connectivity index is 3.05. The van der Waals surface area contributed by atoms with Crippen molar-refractivity contribution < 1.29 is 0 Å². The van der Waals surface area contributed by atoms with Crippen LogP contribution in [0.25, 0.3) is 0 Å². The molecule has 0 aliphatic carbocycles. The number of hydrogen-bond donors (Lipinski definition) is 1. The van der Waals surface area contributed by atoms with E-state index in [0.29, 0.717) is 10.0 Å². The highest BCUT2D eigenvalue weighted by molar-refractivity contribution is 7.80. The first-order valence-electron chi connectivity index (χ1n) is 3.24. The molecule has 0 aliphatic rings. The lowest BCUT2D eigenvalue weighted by Gasteiger charge is -2.04. The van der Waals surface area contributed by atoms with E-state index in [1.165, 1.54) is 0 Å². The van der Waals surface area contributed by atoms with Crippen molar-refractivity contribution in [2.75, 3.05) is 0 Å². The normalized spacial score (nSPS) is 13.1. The molecule has 0 saturated carbocycles. The number of halogens is 2. The average Bonchev–Trinajstić information content (AvgIpc) is 1.94. The summed E-state index contributed by atoms with van der Waals surface area (Å²) in [5.41, 5.74) is 1.09. The van der Waals surface area contributed by atoms with E-state index in [9.17, 15) is 0 Å². The van der Waals surface area contributed by atoms with Gasteiger partial charge in [-0.2, -0.15) is 12.6 Å². The van der Waals surface area contributed by atoms with E-state index in [2.05, 4.69) is 12.6 Å². The standard InChI is InChI=1S/C8H8Cl2S/c1-5(11)6-2-3-7(9)8(10)4-6/h2-5,11H,1H3/t5-/m0/s1. The fraction of sp³-hybridized carbons (Fsp3) is 0.250. The topological polar surface area (TPSA) is 0 Å². The third-order valence-corrected chi connectivity index (χ3v) is 2.46. The maximum atomic E-state index is 5.79. The fourth-order valence-corrected chi connectivity index (χ4v) is 1.24. The van der Waals surface area contributed by atoms with Gasteiger partial charge in [0.05, 0.1) is 10.0 Å². The van der Waals surface area contributed by atoms with Gasteiger partial charge in [0.25, 0.3) is 0 Å². The smallest absolute Gasteiger partial charge is 0.0595 e. The second-order valence-electron chi connectivity index (χ2n) is 2.35. The van der Waals surface area contributed by atoms with Gasteiger partial charge in [0.15, 0.2) is 0 Å². The molecule has 0 unspecified atom stereocenters. The lowest BCUT2D eigenvalue weighted by Crippen LogP contribution is -1.83. The summed E-state index contributed by atoms with van der Waals surface area (Å²) in [6.07, 6.45) is 0. The third-order valence-electron chi connectivity index (χ3n) is 1.43. The largest absolute Gasteiger partial charge is 0.171 e. The molecule has 0 fully saturated rings. The predicted octanol–water partition coefficient (Wildman–Crippen LogP) is 3.98. The molecule has 1 atom stereocenters. The van der Waals surface area contributed by atoms with Gasteiger partial charge in [-0.15, -0.1) is 0 Å². The van der Waals surface area contributed by atoms with Crippen molar-refractivity contribution in [1.82, 2.24) is 0 Å². The monoisotopic (exact) mass is 206 g/mol. The van der Waals surface area contributed by atoms with Crippen LogP contribution in [0.3, 0.4) is 0 Å². The lowest BCUT2D eigenvalue weighted by atomic mass is 10.2. The molecule has 0 amide bonds. The summed E-state index contributed by atoms with van der Waals surface area (Å²) in [7, 11) is 0. The number of hydrogen-bond acceptors (Lipinski definition) is 1. The lowest BCUT2D eigenvalue weighted by molar-refractivity contribution is 1.11. The molecule has 0 saturated heterocycles. The Morgan fingerprint density at radius 1 is 1.27 bits per heavy atom. The van der Waals surface area contributed by atoms with Crippen LogP contribution in [0.2, 0.25) is 10.0 Å². The summed E-state index contributed by atoms with van der Waals surface area (Å²) in [6.45, 7) is 1.99. The highest BCUT2D eigenvalue weighted by Crippen LogP contribution is 2.27. The van der Waals surface area contributed by atoms with Gasteiger partial charge in [-0.1, -0.05) is 29.3 Å². The zero-order chi connectivity index (χ0) is 8.43. The van der Waals surface area contributed by atoms with Gasteiger partial charge in [-0.25, -0.2) is 0 Å². The number of rotatable bonds is 1. The Morgan fingerprint density at radius 2 is 1.91 bits per heavy atom. The zero-order valence-electron chi connectivity index (χ0n) is 6.01. The van der Waals surface area contributed by atoms with Crippen LogP contribution in [0, 0.1) is 0 Å². The third kappa shape index (κ3) is 2.29. The van der Waals surface area contributed by atoms with Crippen molar-refractivity contribution in [3.05, 3.63) is 33.8 Å². The minimum Gasteiger partial charge on any atom is -0.171 e. The summed E-state index contributed by atoms with van der Waals surface area (Å²) < 4.78 is 0. The predicted molar refractivity (Wildman–Crippen MR) is 53.9 cm³/mol. The maximum Gasteiger partial charge on any atom is 0.0595 e. The zero-order valence-corrected chi connectivity index (χ0v) is 8.42. The first-order valence-corrected chi connectivity index (χ1v) is 4.51. The molecule has 60 valence electrons. The molecular formula is C8H8Cl2S. The molecule has 11 heavy (non-hydrogen) atoms. The Bertz CT molecular complexity index is 258. The average molecular weight is 207 g/mol. The van der Waals surface area contributed by atoms with Gasteiger partial charge in [0, 0.05) is 5.25 Å². The maximum absolute atomic E-state index is 5.79. The van der Waals surface area contributed by atoms with Crippen LogP contribution >= 0.6 is 35.8 Å². The van der Waals surface area contributed by atoms with Gasteiger partial charge in [0.2, 0.25) is 0 Å². The number of benzene rings is 1. The van der Waals surface area contributed by atoms with Gasteiger partial charge in [0.1, 0.15) is 0 Å². The van der Waals surface area contributed by atoms with Crippen molar-refractivity contribution in [2.45, 2.75) is 12.2 Å².